The van der Waals surface area contributed by atoms with Gasteiger partial charge in [-0.3, -0.25) is 0 Å². The minimum absolute atomic E-state index is 0. The fourth-order valence-electron chi connectivity index (χ4n) is 2.07. The van der Waals surface area contributed by atoms with E-state index in [4.69, 9.17) is 0 Å². The van der Waals surface area contributed by atoms with Gasteiger partial charge in [-0.2, -0.15) is 0 Å². The molecule has 0 saturated carbocycles. The maximum absolute atomic E-state index is 9.38. The van der Waals surface area contributed by atoms with Crippen molar-refractivity contribution in [2.45, 2.75) is 97.0 Å². The van der Waals surface area contributed by atoms with E-state index in [1.54, 1.807) is 0 Å². The van der Waals surface area contributed by atoms with E-state index >= 15 is 0 Å². The van der Waals surface area contributed by atoms with Crippen LogP contribution in [0.3, 0.4) is 0 Å². The first-order chi connectivity index (χ1) is 7.81. The van der Waals surface area contributed by atoms with Gasteiger partial charge < -0.3 is 6.53 Å². The second-order valence-corrected chi connectivity index (χ2v) is 5.03. The van der Waals surface area contributed by atoms with Crippen LogP contribution in [-0.2, 0) is 0 Å². The van der Waals surface area contributed by atoms with Crippen molar-refractivity contribution in [2.75, 3.05) is 0 Å². The largest absolute Gasteiger partial charge is 1.00 e. The van der Waals surface area contributed by atoms with Crippen LogP contribution in [0.5, 0.6) is 0 Å². The van der Waals surface area contributed by atoms with Crippen molar-refractivity contribution < 1.29 is 36.1 Å². The summed E-state index contributed by atoms with van der Waals surface area (Å²) < 4.78 is 0. The standard InChI is InChI=1S/C15H32O.Na.H/c1-3-5-6-7-8-9-10-11-12-13-14-15(16)4-2;;/h15-16H,3-14H2,1-2H3;;/q;+1;-1. The Morgan fingerprint density at radius 1 is 0.765 bits per heavy atom. The minimum atomic E-state index is -0.0472. The van der Waals surface area contributed by atoms with Crippen LogP contribution < -0.4 is 29.6 Å². The maximum atomic E-state index is 9.38. The average Bonchev–Trinajstić information content (AvgIpc) is 2.31. The van der Waals surface area contributed by atoms with Crippen LogP contribution in [-0.4, -0.2) is 11.2 Å². The Morgan fingerprint density at radius 3 is 1.59 bits per heavy atom. The van der Waals surface area contributed by atoms with Crippen LogP contribution >= 0.6 is 0 Å². The predicted molar refractivity (Wildman–Crippen MR) is 73.9 cm³/mol. The quantitative estimate of drug-likeness (QED) is 0.417. The number of hydrogen-bond donors (Lipinski definition) is 1. The number of aliphatic hydroxyl groups is 1. The van der Waals surface area contributed by atoms with Gasteiger partial charge >= 0.3 is 29.6 Å². The molecule has 2 heteroatoms. The second-order valence-electron chi connectivity index (χ2n) is 5.03. The van der Waals surface area contributed by atoms with Gasteiger partial charge in [0.05, 0.1) is 6.10 Å². The van der Waals surface area contributed by atoms with Gasteiger partial charge in [0.15, 0.2) is 0 Å². The predicted octanol–water partition coefficient (Wildman–Crippen LogP) is 2.18. The van der Waals surface area contributed by atoms with E-state index in [-0.39, 0.29) is 37.1 Å². The Morgan fingerprint density at radius 2 is 1.18 bits per heavy atom. The van der Waals surface area contributed by atoms with Gasteiger partial charge in [-0.05, 0) is 12.8 Å². The molecule has 1 nitrogen and oxygen atoms in total. The third-order valence-electron chi connectivity index (χ3n) is 3.36. The normalized spacial score (nSPS) is 12.2. The summed E-state index contributed by atoms with van der Waals surface area (Å²) in [5, 5.41) is 9.38. The molecule has 0 aromatic carbocycles. The molecular formula is C15H33NaO. The fourth-order valence-corrected chi connectivity index (χ4v) is 2.07. The van der Waals surface area contributed by atoms with Crippen molar-refractivity contribution in [2.24, 2.45) is 0 Å². The van der Waals surface area contributed by atoms with Gasteiger partial charge in [0.25, 0.3) is 0 Å². The maximum Gasteiger partial charge on any atom is 1.00 e. The van der Waals surface area contributed by atoms with Gasteiger partial charge in [0.1, 0.15) is 0 Å². The molecule has 0 bridgehead atoms. The number of aliphatic hydroxyl groups excluding tert-OH is 1. The Labute approximate surface area is 133 Å². The van der Waals surface area contributed by atoms with E-state index in [2.05, 4.69) is 13.8 Å². The summed E-state index contributed by atoms with van der Waals surface area (Å²) >= 11 is 0. The monoisotopic (exact) mass is 252 g/mol. The third-order valence-corrected chi connectivity index (χ3v) is 3.36. The SMILES string of the molecule is CCCCCCCCCCCCC(O)CC.[H-].[Na+]. The molecule has 0 saturated heterocycles. The summed E-state index contributed by atoms with van der Waals surface area (Å²) in [4.78, 5) is 0. The van der Waals surface area contributed by atoms with Gasteiger partial charge in [0, 0.05) is 0 Å². The molecule has 0 aliphatic rings. The van der Waals surface area contributed by atoms with Crippen molar-refractivity contribution in [1.82, 2.24) is 0 Å². The molecule has 0 rings (SSSR count). The molecule has 17 heavy (non-hydrogen) atoms. The Kier molecular flexibility index (Phi) is 20.2. The number of rotatable bonds is 12. The number of unbranched alkanes of at least 4 members (excludes halogenated alkanes) is 9. The zero-order chi connectivity index (χ0) is 12.1. The van der Waals surface area contributed by atoms with Gasteiger partial charge in [-0.1, -0.05) is 78.1 Å². The fraction of sp³-hybridized carbons (Fsp3) is 1.00. The van der Waals surface area contributed by atoms with Crippen LogP contribution in [0.2, 0.25) is 0 Å². The molecule has 0 fully saturated rings. The summed E-state index contributed by atoms with van der Waals surface area (Å²) in [5.41, 5.74) is 0. The van der Waals surface area contributed by atoms with Crippen LogP contribution in [0.1, 0.15) is 92.3 Å². The molecular weight excluding hydrogens is 219 g/mol. The van der Waals surface area contributed by atoms with E-state index in [9.17, 15) is 5.11 Å². The van der Waals surface area contributed by atoms with E-state index in [0.29, 0.717) is 0 Å². The smallest absolute Gasteiger partial charge is 1.00 e. The first kappa shape index (κ1) is 20.3. The first-order valence-corrected chi connectivity index (χ1v) is 7.49. The zero-order valence-electron chi connectivity index (χ0n) is 13.5. The van der Waals surface area contributed by atoms with Gasteiger partial charge in [0.2, 0.25) is 0 Å². The van der Waals surface area contributed by atoms with E-state index in [1.165, 1.54) is 64.2 Å². The summed E-state index contributed by atoms with van der Waals surface area (Å²) in [6, 6.07) is 0. The van der Waals surface area contributed by atoms with Crippen molar-refractivity contribution in [3.05, 3.63) is 0 Å². The molecule has 0 spiro atoms. The molecule has 0 aromatic rings. The van der Waals surface area contributed by atoms with Crippen molar-refractivity contribution in [1.29, 1.82) is 0 Å². The molecule has 0 aromatic heterocycles. The summed E-state index contributed by atoms with van der Waals surface area (Å²) in [5.74, 6) is 0. The second kappa shape index (κ2) is 17.0. The molecule has 0 heterocycles. The molecule has 0 aliphatic carbocycles. The van der Waals surface area contributed by atoms with Crippen molar-refractivity contribution in [3.63, 3.8) is 0 Å². The minimum Gasteiger partial charge on any atom is -1.00 e. The molecule has 1 N–H and O–H groups in total. The van der Waals surface area contributed by atoms with Crippen LogP contribution in [0.25, 0.3) is 0 Å². The van der Waals surface area contributed by atoms with Crippen molar-refractivity contribution >= 4 is 0 Å². The van der Waals surface area contributed by atoms with Crippen LogP contribution in [0, 0.1) is 0 Å². The molecule has 0 aliphatic heterocycles. The topological polar surface area (TPSA) is 20.2 Å². The average molecular weight is 252 g/mol. The zero-order valence-corrected chi connectivity index (χ0v) is 14.5. The Bertz CT molecular complexity index is 134. The number of hydrogen-bond acceptors (Lipinski definition) is 1. The molecule has 100 valence electrons. The summed E-state index contributed by atoms with van der Waals surface area (Å²) in [6.07, 6.45) is 15.6. The van der Waals surface area contributed by atoms with E-state index < -0.39 is 0 Å². The first-order valence-electron chi connectivity index (χ1n) is 7.49. The van der Waals surface area contributed by atoms with Crippen LogP contribution in [0.4, 0.5) is 0 Å². The van der Waals surface area contributed by atoms with Gasteiger partial charge in [-0.25, -0.2) is 0 Å². The third kappa shape index (κ3) is 17.0. The van der Waals surface area contributed by atoms with Gasteiger partial charge in [-0.15, -0.1) is 0 Å². The van der Waals surface area contributed by atoms with Crippen LogP contribution in [0.15, 0.2) is 0 Å². The Balaban J connectivity index is -0.00000112. The summed E-state index contributed by atoms with van der Waals surface area (Å²) in [7, 11) is 0. The molecule has 0 radical (unpaired) electrons. The molecule has 1 atom stereocenters. The molecule has 1 unspecified atom stereocenters. The van der Waals surface area contributed by atoms with E-state index in [1.807, 2.05) is 0 Å². The Hall–Kier alpha value is 0.960. The summed E-state index contributed by atoms with van der Waals surface area (Å²) in [6.45, 7) is 4.33. The van der Waals surface area contributed by atoms with E-state index in [0.717, 1.165) is 12.8 Å². The van der Waals surface area contributed by atoms with Crippen molar-refractivity contribution in [3.8, 4) is 0 Å². The molecule has 0 amide bonds.